The van der Waals surface area contributed by atoms with E-state index in [0.717, 1.165) is 21.9 Å². The van der Waals surface area contributed by atoms with Crippen molar-refractivity contribution in [3.05, 3.63) is 54.1 Å². The Balaban J connectivity index is 1.98. The van der Waals surface area contributed by atoms with Crippen molar-refractivity contribution >= 4 is 27.8 Å². The average Bonchev–Trinajstić information content (AvgIpc) is 2.70. The standard InChI is InChI=1S/C21H27N3O5S/c1-16(2)15-29-19-10-8-17(9-11-19)13-22-23-21(25)14-24(30(4,26)27)18-6-5-7-20(12-18)28-3/h5-13,16H,14-15H2,1-4H3,(H,23,25)/b22-13-. The molecule has 0 heterocycles. The largest absolute Gasteiger partial charge is 0.497 e. The third kappa shape index (κ3) is 7.40. The highest BCUT2D eigenvalue weighted by molar-refractivity contribution is 7.92. The van der Waals surface area contributed by atoms with Crippen molar-refractivity contribution in [2.75, 3.05) is 30.8 Å². The van der Waals surface area contributed by atoms with Crippen LogP contribution >= 0.6 is 0 Å². The number of carbonyl (C=O) groups excluding carboxylic acids is 1. The van der Waals surface area contributed by atoms with Crippen molar-refractivity contribution in [3.8, 4) is 11.5 Å². The fraction of sp³-hybridized carbons (Fsp3) is 0.333. The molecule has 2 aromatic rings. The van der Waals surface area contributed by atoms with E-state index in [-0.39, 0.29) is 0 Å². The van der Waals surface area contributed by atoms with Crippen LogP contribution in [0.4, 0.5) is 5.69 Å². The smallest absolute Gasteiger partial charge is 0.260 e. The van der Waals surface area contributed by atoms with Crippen LogP contribution in [-0.4, -0.2) is 47.1 Å². The Morgan fingerprint density at radius 2 is 1.87 bits per heavy atom. The number of hydrazone groups is 1. The molecule has 2 rings (SSSR count). The molecule has 9 heteroatoms. The number of hydrogen-bond acceptors (Lipinski definition) is 6. The number of hydrogen-bond donors (Lipinski definition) is 1. The fourth-order valence-corrected chi connectivity index (χ4v) is 3.27. The lowest BCUT2D eigenvalue weighted by atomic mass is 10.2. The number of anilines is 1. The quantitative estimate of drug-likeness (QED) is 0.459. The first kappa shape index (κ1) is 23.2. The van der Waals surface area contributed by atoms with E-state index in [1.165, 1.54) is 13.3 Å². The molecule has 162 valence electrons. The zero-order valence-electron chi connectivity index (χ0n) is 17.5. The summed E-state index contributed by atoms with van der Waals surface area (Å²) in [5, 5.41) is 3.90. The van der Waals surface area contributed by atoms with Gasteiger partial charge in [-0.2, -0.15) is 5.10 Å². The summed E-state index contributed by atoms with van der Waals surface area (Å²) < 4.78 is 36.0. The Kier molecular flexibility index (Phi) is 8.23. The maximum absolute atomic E-state index is 12.2. The van der Waals surface area contributed by atoms with Gasteiger partial charge < -0.3 is 9.47 Å². The van der Waals surface area contributed by atoms with Crippen LogP contribution in [0, 0.1) is 5.92 Å². The van der Waals surface area contributed by atoms with Crippen LogP contribution in [0.3, 0.4) is 0 Å². The molecule has 0 bridgehead atoms. The Labute approximate surface area is 177 Å². The number of amides is 1. The molecule has 1 amide bonds. The number of carbonyl (C=O) groups is 1. The van der Waals surface area contributed by atoms with Gasteiger partial charge in [0.1, 0.15) is 18.0 Å². The molecular weight excluding hydrogens is 406 g/mol. The number of nitrogens with zero attached hydrogens (tertiary/aromatic N) is 2. The SMILES string of the molecule is COc1cccc(N(CC(=O)N/N=C\c2ccc(OCC(C)C)cc2)S(C)(=O)=O)c1. The molecule has 0 saturated heterocycles. The molecule has 1 N–H and O–H groups in total. The highest BCUT2D eigenvalue weighted by atomic mass is 32.2. The minimum atomic E-state index is -3.68. The topological polar surface area (TPSA) is 97.3 Å². The second-order valence-electron chi connectivity index (χ2n) is 7.04. The monoisotopic (exact) mass is 433 g/mol. The van der Waals surface area contributed by atoms with Crippen LogP contribution in [0.5, 0.6) is 11.5 Å². The second kappa shape index (κ2) is 10.6. The lowest BCUT2D eigenvalue weighted by Gasteiger charge is -2.21. The first-order valence-corrected chi connectivity index (χ1v) is 11.2. The Morgan fingerprint density at radius 1 is 1.17 bits per heavy atom. The molecule has 30 heavy (non-hydrogen) atoms. The molecule has 0 aliphatic rings. The van der Waals surface area contributed by atoms with E-state index in [0.29, 0.717) is 24.0 Å². The molecule has 0 aliphatic heterocycles. The second-order valence-corrected chi connectivity index (χ2v) is 8.94. The van der Waals surface area contributed by atoms with Crippen LogP contribution in [0.15, 0.2) is 53.6 Å². The van der Waals surface area contributed by atoms with Crippen molar-refractivity contribution in [3.63, 3.8) is 0 Å². The average molecular weight is 434 g/mol. The van der Waals surface area contributed by atoms with Gasteiger partial charge in [0.25, 0.3) is 5.91 Å². The molecular formula is C21H27N3O5S. The summed E-state index contributed by atoms with van der Waals surface area (Å²) in [4.78, 5) is 12.2. The van der Waals surface area contributed by atoms with Gasteiger partial charge in [-0.1, -0.05) is 19.9 Å². The first-order chi connectivity index (χ1) is 14.2. The van der Waals surface area contributed by atoms with Crippen molar-refractivity contribution in [1.82, 2.24) is 5.43 Å². The van der Waals surface area contributed by atoms with Gasteiger partial charge in [0, 0.05) is 6.07 Å². The van der Waals surface area contributed by atoms with Gasteiger partial charge in [0.05, 0.1) is 31.9 Å². The van der Waals surface area contributed by atoms with Gasteiger partial charge in [-0.15, -0.1) is 0 Å². The lowest BCUT2D eigenvalue weighted by molar-refractivity contribution is -0.119. The van der Waals surface area contributed by atoms with E-state index in [9.17, 15) is 13.2 Å². The minimum absolute atomic E-state index is 0.327. The van der Waals surface area contributed by atoms with E-state index in [2.05, 4.69) is 24.4 Å². The van der Waals surface area contributed by atoms with E-state index in [4.69, 9.17) is 9.47 Å². The Bertz CT molecular complexity index is 972. The first-order valence-electron chi connectivity index (χ1n) is 9.35. The number of methoxy groups -OCH3 is 1. The summed E-state index contributed by atoms with van der Waals surface area (Å²) in [6, 6.07) is 13.7. The fourth-order valence-electron chi connectivity index (χ4n) is 2.42. The maximum atomic E-state index is 12.2. The van der Waals surface area contributed by atoms with Gasteiger partial charge in [-0.05, 0) is 47.9 Å². The van der Waals surface area contributed by atoms with Crippen molar-refractivity contribution in [1.29, 1.82) is 0 Å². The van der Waals surface area contributed by atoms with Crippen LogP contribution in [0.2, 0.25) is 0 Å². The third-order valence-electron chi connectivity index (χ3n) is 3.90. The molecule has 0 atom stereocenters. The molecule has 2 aromatic carbocycles. The van der Waals surface area contributed by atoms with E-state index in [1.54, 1.807) is 24.3 Å². The van der Waals surface area contributed by atoms with Crippen molar-refractivity contribution in [2.45, 2.75) is 13.8 Å². The van der Waals surface area contributed by atoms with E-state index >= 15 is 0 Å². The number of sulfonamides is 1. The molecule has 0 fully saturated rings. The predicted molar refractivity (Wildman–Crippen MR) is 118 cm³/mol. The lowest BCUT2D eigenvalue weighted by Crippen LogP contribution is -2.39. The maximum Gasteiger partial charge on any atom is 0.260 e. The summed E-state index contributed by atoms with van der Waals surface area (Å²) >= 11 is 0. The molecule has 8 nitrogen and oxygen atoms in total. The van der Waals surface area contributed by atoms with Gasteiger partial charge in [0.2, 0.25) is 10.0 Å². The number of benzene rings is 2. The highest BCUT2D eigenvalue weighted by Crippen LogP contribution is 2.22. The summed E-state index contributed by atoms with van der Waals surface area (Å²) in [7, 11) is -2.20. The van der Waals surface area contributed by atoms with Crippen LogP contribution in [0.25, 0.3) is 0 Å². The van der Waals surface area contributed by atoms with Gasteiger partial charge >= 0.3 is 0 Å². The van der Waals surface area contributed by atoms with E-state index in [1.807, 2.05) is 24.3 Å². The predicted octanol–water partition coefficient (Wildman–Crippen LogP) is 2.65. The van der Waals surface area contributed by atoms with Crippen molar-refractivity contribution in [2.24, 2.45) is 11.0 Å². The number of nitrogens with one attached hydrogen (secondary N) is 1. The Hall–Kier alpha value is -3.07. The van der Waals surface area contributed by atoms with Crippen molar-refractivity contribution < 1.29 is 22.7 Å². The van der Waals surface area contributed by atoms with Crippen LogP contribution in [0.1, 0.15) is 19.4 Å². The third-order valence-corrected chi connectivity index (χ3v) is 5.04. The van der Waals surface area contributed by atoms with Gasteiger partial charge in [-0.3, -0.25) is 9.10 Å². The molecule has 0 unspecified atom stereocenters. The number of ether oxygens (including phenoxy) is 2. The highest BCUT2D eigenvalue weighted by Gasteiger charge is 2.21. The summed E-state index contributed by atoms with van der Waals surface area (Å²) in [5.74, 6) is 1.11. The van der Waals surface area contributed by atoms with Crippen LogP contribution in [-0.2, 0) is 14.8 Å². The normalized spacial score (nSPS) is 11.5. The number of rotatable bonds is 10. The van der Waals surface area contributed by atoms with Gasteiger partial charge in [0.15, 0.2) is 0 Å². The Morgan fingerprint density at radius 3 is 2.47 bits per heavy atom. The minimum Gasteiger partial charge on any atom is -0.497 e. The van der Waals surface area contributed by atoms with E-state index < -0.39 is 22.5 Å². The molecule has 0 aromatic heterocycles. The summed E-state index contributed by atoms with van der Waals surface area (Å²) in [5.41, 5.74) is 3.44. The molecule has 0 radical (unpaired) electrons. The van der Waals surface area contributed by atoms with Gasteiger partial charge in [-0.25, -0.2) is 13.8 Å². The molecule has 0 spiro atoms. The van der Waals surface area contributed by atoms with Crippen LogP contribution < -0.4 is 19.2 Å². The summed E-state index contributed by atoms with van der Waals surface area (Å²) in [6.07, 6.45) is 2.51. The molecule has 0 aliphatic carbocycles. The molecule has 0 saturated carbocycles. The zero-order chi connectivity index (χ0) is 22.1. The summed E-state index contributed by atoms with van der Waals surface area (Å²) in [6.45, 7) is 4.37. The zero-order valence-corrected chi connectivity index (χ0v) is 18.3.